The second-order valence-corrected chi connectivity index (χ2v) is 7.72. The van der Waals surface area contributed by atoms with Gasteiger partial charge in [0.05, 0.1) is 21.8 Å². The van der Waals surface area contributed by atoms with Crippen molar-refractivity contribution in [3.8, 4) is 0 Å². The summed E-state index contributed by atoms with van der Waals surface area (Å²) in [5, 5.41) is 8.23. The molecule has 0 amide bonds. The number of para-hydroxylation sites is 1. The first kappa shape index (κ1) is 18.7. The lowest BCUT2D eigenvalue weighted by molar-refractivity contribution is -0.112. The Morgan fingerprint density at radius 2 is 2.23 bits per heavy atom. The van der Waals surface area contributed by atoms with Crippen LogP contribution in [0.2, 0.25) is 5.02 Å². The zero-order valence-corrected chi connectivity index (χ0v) is 16.0. The maximum Gasteiger partial charge on any atom is 0.130 e. The van der Waals surface area contributed by atoms with Gasteiger partial charge in [-0.05, 0) is 37.8 Å². The Hall–Kier alpha value is -2.05. The van der Waals surface area contributed by atoms with Crippen LogP contribution in [0.1, 0.15) is 36.6 Å². The second-order valence-electron chi connectivity index (χ2n) is 7.31. The maximum absolute atomic E-state index is 11.1. The Morgan fingerprint density at radius 3 is 2.96 bits per heavy atom. The van der Waals surface area contributed by atoms with Crippen LogP contribution in [0.3, 0.4) is 0 Å². The summed E-state index contributed by atoms with van der Waals surface area (Å²) >= 11 is 6.05. The standard InChI is InChI=1S/C11H12ClNO.C8H14N4/c1-11(7-14)5-6-13-10-8(11)3-2-4-9(10)12;1-12-8(10)6-3-2-5(9)4-7(6)11-12/h2-4,7,13H,5-6H2,1H3;5H,2-4,9-10H2,1H3. The summed E-state index contributed by atoms with van der Waals surface area (Å²) in [6.07, 6.45) is 4.73. The third-order valence-corrected chi connectivity index (χ3v) is 5.65. The van der Waals surface area contributed by atoms with Crippen LogP contribution >= 0.6 is 11.6 Å². The first-order valence-corrected chi connectivity index (χ1v) is 9.28. The van der Waals surface area contributed by atoms with Gasteiger partial charge >= 0.3 is 0 Å². The fourth-order valence-electron chi connectivity index (χ4n) is 3.64. The van der Waals surface area contributed by atoms with Gasteiger partial charge in [-0.3, -0.25) is 4.68 Å². The van der Waals surface area contributed by atoms with E-state index in [0.29, 0.717) is 5.02 Å². The van der Waals surface area contributed by atoms with Crippen LogP contribution in [0, 0.1) is 0 Å². The first-order valence-electron chi connectivity index (χ1n) is 8.90. The Bertz CT molecular complexity index is 819. The number of carbonyl (C=O) groups is 1. The smallest absolute Gasteiger partial charge is 0.130 e. The van der Waals surface area contributed by atoms with Gasteiger partial charge in [0.2, 0.25) is 0 Å². The number of nitrogens with zero attached hydrogens (tertiary/aromatic N) is 2. The predicted octanol–water partition coefficient (Wildman–Crippen LogP) is 2.43. The van der Waals surface area contributed by atoms with Crippen LogP contribution in [0.5, 0.6) is 0 Å². The molecule has 0 spiro atoms. The molecule has 5 N–H and O–H groups in total. The zero-order chi connectivity index (χ0) is 18.9. The summed E-state index contributed by atoms with van der Waals surface area (Å²) in [7, 11) is 1.87. The zero-order valence-electron chi connectivity index (χ0n) is 15.3. The number of aryl methyl sites for hydroxylation is 1. The Morgan fingerprint density at radius 1 is 1.46 bits per heavy atom. The van der Waals surface area contributed by atoms with Gasteiger partial charge < -0.3 is 21.6 Å². The number of rotatable bonds is 1. The van der Waals surface area contributed by atoms with E-state index in [1.807, 2.05) is 32.2 Å². The van der Waals surface area contributed by atoms with Crippen LogP contribution < -0.4 is 16.8 Å². The van der Waals surface area contributed by atoms with E-state index in [9.17, 15) is 4.79 Å². The number of halogens is 1. The molecule has 2 heterocycles. The molecule has 7 heteroatoms. The van der Waals surface area contributed by atoms with Crippen molar-refractivity contribution < 1.29 is 4.79 Å². The first-order chi connectivity index (χ1) is 12.4. The normalized spacial score (nSPS) is 23.8. The fraction of sp³-hybridized carbons (Fsp3) is 0.474. The Kier molecular flexibility index (Phi) is 5.25. The molecule has 0 fully saturated rings. The summed E-state index contributed by atoms with van der Waals surface area (Å²) in [4.78, 5) is 11.1. The lowest BCUT2D eigenvalue weighted by Crippen LogP contribution is -2.32. The van der Waals surface area contributed by atoms with Gasteiger partial charge in [0.1, 0.15) is 12.1 Å². The van der Waals surface area contributed by atoms with Crippen molar-refractivity contribution in [3.63, 3.8) is 0 Å². The number of nitrogens with two attached hydrogens (primary N) is 2. The van der Waals surface area contributed by atoms with E-state index in [1.54, 1.807) is 4.68 Å². The highest BCUT2D eigenvalue weighted by Gasteiger charge is 2.32. The number of nitrogens with one attached hydrogen (secondary N) is 1. The van der Waals surface area contributed by atoms with E-state index in [-0.39, 0.29) is 11.5 Å². The molecule has 2 unspecified atom stereocenters. The minimum absolute atomic E-state index is 0.270. The van der Waals surface area contributed by atoms with E-state index in [2.05, 4.69) is 10.4 Å². The fourth-order valence-corrected chi connectivity index (χ4v) is 3.88. The molecule has 0 saturated carbocycles. The molecule has 2 atom stereocenters. The number of benzene rings is 1. The molecule has 4 rings (SSSR count). The van der Waals surface area contributed by atoms with E-state index < -0.39 is 0 Å². The molecule has 0 radical (unpaired) electrons. The van der Waals surface area contributed by atoms with Gasteiger partial charge in [0, 0.05) is 31.6 Å². The summed E-state index contributed by atoms with van der Waals surface area (Å²) in [5.41, 5.74) is 15.5. The molecule has 0 bridgehead atoms. The van der Waals surface area contributed by atoms with Gasteiger partial charge in [-0.1, -0.05) is 23.7 Å². The topological polar surface area (TPSA) is 99.0 Å². The molecule has 2 aromatic rings. The van der Waals surface area contributed by atoms with Gasteiger partial charge in [-0.25, -0.2) is 0 Å². The Balaban J connectivity index is 0.000000152. The molecule has 140 valence electrons. The highest BCUT2D eigenvalue weighted by Crippen LogP contribution is 2.39. The van der Waals surface area contributed by atoms with Gasteiger partial charge in [-0.15, -0.1) is 0 Å². The van der Waals surface area contributed by atoms with Crippen LogP contribution in [0.15, 0.2) is 18.2 Å². The van der Waals surface area contributed by atoms with Crippen LogP contribution in [0.25, 0.3) is 0 Å². The minimum atomic E-state index is -0.383. The van der Waals surface area contributed by atoms with Crippen LogP contribution in [-0.2, 0) is 30.1 Å². The summed E-state index contributed by atoms with van der Waals surface area (Å²) in [5.74, 6) is 0.803. The summed E-state index contributed by atoms with van der Waals surface area (Å²) in [6.45, 7) is 2.75. The predicted molar refractivity (Wildman–Crippen MR) is 106 cm³/mol. The van der Waals surface area contributed by atoms with Gasteiger partial charge in [0.15, 0.2) is 0 Å². The lowest BCUT2D eigenvalue weighted by atomic mass is 9.78. The van der Waals surface area contributed by atoms with E-state index in [0.717, 1.165) is 61.3 Å². The van der Waals surface area contributed by atoms with Crippen molar-refractivity contribution in [3.05, 3.63) is 40.0 Å². The molecule has 1 aliphatic carbocycles. The molecule has 1 aliphatic heterocycles. The number of carbonyl (C=O) groups excluding carboxylic acids is 1. The maximum atomic E-state index is 11.1. The Labute approximate surface area is 158 Å². The van der Waals surface area contributed by atoms with Crippen molar-refractivity contribution in [1.29, 1.82) is 0 Å². The third-order valence-electron chi connectivity index (χ3n) is 5.33. The average Bonchev–Trinajstić information content (AvgIpc) is 2.90. The third kappa shape index (κ3) is 3.44. The molecule has 2 aliphatic rings. The molecule has 26 heavy (non-hydrogen) atoms. The number of hydrogen-bond acceptors (Lipinski definition) is 5. The van der Waals surface area contributed by atoms with Gasteiger partial charge in [-0.2, -0.15) is 5.10 Å². The molecule has 0 saturated heterocycles. The highest BCUT2D eigenvalue weighted by atomic mass is 35.5. The quantitative estimate of drug-likeness (QED) is 0.665. The average molecular weight is 376 g/mol. The molecule has 6 nitrogen and oxygen atoms in total. The minimum Gasteiger partial charge on any atom is -0.384 e. The molecule has 1 aromatic carbocycles. The number of aldehydes is 1. The second kappa shape index (κ2) is 7.29. The summed E-state index contributed by atoms with van der Waals surface area (Å²) < 4.78 is 1.74. The van der Waals surface area contributed by atoms with Crippen LogP contribution in [-0.4, -0.2) is 28.7 Å². The highest BCUT2D eigenvalue weighted by molar-refractivity contribution is 6.33. The van der Waals surface area contributed by atoms with Crippen molar-refractivity contribution in [2.75, 3.05) is 17.6 Å². The number of hydrogen-bond donors (Lipinski definition) is 3. The van der Waals surface area contributed by atoms with E-state index >= 15 is 0 Å². The molecule has 1 aromatic heterocycles. The monoisotopic (exact) mass is 375 g/mol. The van der Waals surface area contributed by atoms with Crippen molar-refractivity contribution >= 4 is 29.4 Å². The number of aromatic nitrogens is 2. The van der Waals surface area contributed by atoms with Crippen LogP contribution in [0.4, 0.5) is 11.5 Å². The van der Waals surface area contributed by atoms with Crippen molar-refractivity contribution in [2.45, 2.75) is 44.1 Å². The van der Waals surface area contributed by atoms with E-state index in [4.69, 9.17) is 23.1 Å². The molecular formula is C19H26ClN5O. The number of nitrogen functional groups attached to an aromatic ring is 1. The van der Waals surface area contributed by atoms with Crippen molar-refractivity contribution in [2.24, 2.45) is 12.8 Å². The number of anilines is 2. The van der Waals surface area contributed by atoms with Gasteiger partial charge in [0.25, 0.3) is 0 Å². The number of fused-ring (bicyclic) bond motifs is 2. The lowest BCUT2D eigenvalue weighted by Gasteiger charge is -2.32. The summed E-state index contributed by atoms with van der Waals surface area (Å²) in [6, 6.07) is 5.95. The largest absolute Gasteiger partial charge is 0.384 e. The van der Waals surface area contributed by atoms with Crippen molar-refractivity contribution in [1.82, 2.24) is 9.78 Å². The SMILES string of the molecule is CC1(C=O)CCNc2c(Cl)cccc21.Cn1nc2c(c1N)CCC(N)C2. The van der Waals surface area contributed by atoms with E-state index in [1.165, 1.54) is 5.56 Å². The molecular weight excluding hydrogens is 350 g/mol.